The van der Waals surface area contributed by atoms with Gasteiger partial charge in [-0.25, -0.2) is 0 Å². The van der Waals surface area contributed by atoms with E-state index in [0.29, 0.717) is 17.1 Å². The summed E-state index contributed by atoms with van der Waals surface area (Å²) >= 11 is 5.97. The summed E-state index contributed by atoms with van der Waals surface area (Å²) in [4.78, 5) is 25.4. The van der Waals surface area contributed by atoms with Crippen molar-refractivity contribution in [3.8, 4) is 0 Å². The SMILES string of the molecule is CCC(C(=O)Nc1cccc(Cl)c1)n1c(=O)cc(C)c2ccccc21. The number of hydrogen-bond acceptors (Lipinski definition) is 2. The Morgan fingerprint density at radius 3 is 2.64 bits per heavy atom. The minimum atomic E-state index is -0.600. The highest BCUT2D eigenvalue weighted by Gasteiger charge is 2.22. The van der Waals surface area contributed by atoms with Crippen LogP contribution in [0.4, 0.5) is 5.69 Å². The second kappa shape index (κ2) is 7.11. The van der Waals surface area contributed by atoms with E-state index in [2.05, 4.69) is 5.32 Å². The van der Waals surface area contributed by atoms with Gasteiger partial charge in [-0.2, -0.15) is 0 Å². The van der Waals surface area contributed by atoms with Gasteiger partial charge in [0.25, 0.3) is 5.56 Å². The summed E-state index contributed by atoms with van der Waals surface area (Å²) in [5.41, 5.74) is 2.10. The monoisotopic (exact) mass is 354 g/mol. The number of para-hydroxylation sites is 1. The lowest BCUT2D eigenvalue weighted by Crippen LogP contribution is -2.33. The normalized spacial score (nSPS) is 12.1. The van der Waals surface area contributed by atoms with E-state index in [0.717, 1.165) is 16.5 Å². The molecule has 0 fully saturated rings. The third-order valence-corrected chi connectivity index (χ3v) is 4.49. The predicted molar refractivity (Wildman–Crippen MR) is 102 cm³/mol. The molecule has 0 spiro atoms. The highest BCUT2D eigenvalue weighted by molar-refractivity contribution is 6.30. The molecule has 128 valence electrons. The van der Waals surface area contributed by atoms with Crippen LogP contribution in [-0.4, -0.2) is 10.5 Å². The number of carbonyl (C=O) groups excluding carboxylic acids is 1. The van der Waals surface area contributed by atoms with Crippen LogP contribution in [0.15, 0.2) is 59.4 Å². The molecule has 25 heavy (non-hydrogen) atoms. The van der Waals surface area contributed by atoms with Gasteiger partial charge in [0, 0.05) is 22.2 Å². The standard InChI is InChI=1S/C20H19ClN2O2/c1-3-17(20(25)22-15-8-6-7-14(21)12-15)23-18-10-5-4-9-16(18)13(2)11-19(23)24/h4-12,17H,3H2,1-2H3,(H,22,25). The molecule has 1 amide bonds. The molecule has 1 N–H and O–H groups in total. The van der Waals surface area contributed by atoms with Crippen molar-refractivity contribution in [2.75, 3.05) is 5.32 Å². The van der Waals surface area contributed by atoms with Gasteiger partial charge in [0.15, 0.2) is 0 Å². The summed E-state index contributed by atoms with van der Waals surface area (Å²) in [7, 11) is 0. The number of anilines is 1. The van der Waals surface area contributed by atoms with E-state index in [1.54, 1.807) is 34.9 Å². The van der Waals surface area contributed by atoms with Gasteiger partial charge in [0.1, 0.15) is 6.04 Å². The van der Waals surface area contributed by atoms with E-state index < -0.39 is 6.04 Å². The molecule has 3 aromatic rings. The Hall–Kier alpha value is -2.59. The number of aromatic nitrogens is 1. The maximum atomic E-state index is 12.8. The third kappa shape index (κ3) is 3.44. The molecule has 0 saturated carbocycles. The van der Waals surface area contributed by atoms with Crippen LogP contribution in [0.5, 0.6) is 0 Å². The van der Waals surface area contributed by atoms with Crippen LogP contribution in [-0.2, 0) is 4.79 Å². The molecular formula is C20H19ClN2O2. The Kier molecular flexibility index (Phi) is 4.91. The number of fused-ring (bicyclic) bond motifs is 1. The van der Waals surface area contributed by atoms with Crippen LogP contribution in [0.1, 0.15) is 24.9 Å². The molecule has 0 aliphatic heterocycles. The molecule has 0 bridgehead atoms. The topological polar surface area (TPSA) is 51.1 Å². The van der Waals surface area contributed by atoms with Crippen LogP contribution in [0.3, 0.4) is 0 Å². The lowest BCUT2D eigenvalue weighted by molar-refractivity contribution is -0.119. The molecule has 4 nitrogen and oxygen atoms in total. The van der Waals surface area contributed by atoms with Gasteiger partial charge >= 0.3 is 0 Å². The number of rotatable bonds is 4. The van der Waals surface area contributed by atoms with E-state index in [4.69, 9.17) is 11.6 Å². The van der Waals surface area contributed by atoms with E-state index in [9.17, 15) is 9.59 Å². The van der Waals surface area contributed by atoms with Gasteiger partial charge in [0.2, 0.25) is 5.91 Å². The number of nitrogens with zero attached hydrogens (tertiary/aromatic N) is 1. The zero-order valence-corrected chi connectivity index (χ0v) is 14.9. The fraction of sp³-hybridized carbons (Fsp3) is 0.200. The highest BCUT2D eigenvalue weighted by Crippen LogP contribution is 2.23. The van der Waals surface area contributed by atoms with Crippen LogP contribution >= 0.6 is 11.6 Å². The molecule has 0 aliphatic carbocycles. The summed E-state index contributed by atoms with van der Waals surface area (Å²) in [5, 5.41) is 4.37. The third-order valence-electron chi connectivity index (χ3n) is 4.26. The van der Waals surface area contributed by atoms with Gasteiger partial charge in [-0.3, -0.25) is 14.2 Å². The molecule has 1 aromatic heterocycles. The minimum Gasteiger partial charge on any atom is -0.324 e. The Morgan fingerprint density at radius 2 is 1.92 bits per heavy atom. The molecule has 1 atom stereocenters. The average Bonchev–Trinajstić information content (AvgIpc) is 2.58. The molecule has 2 aromatic carbocycles. The lowest BCUT2D eigenvalue weighted by atomic mass is 10.1. The lowest BCUT2D eigenvalue weighted by Gasteiger charge is -2.21. The van der Waals surface area contributed by atoms with Gasteiger partial charge in [-0.15, -0.1) is 0 Å². The summed E-state index contributed by atoms with van der Waals surface area (Å²) in [6.45, 7) is 3.80. The number of hydrogen-bond donors (Lipinski definition) is 1. The molecule has 1 unspecified atom stereocenters. The van der Waals surface area contributed by atoms with Crippen LogP contribution < -0.4 is 10.9 Å². The fourth-order valence-corrected chi connectivity index (χ4v) is 3.26. The van der Waals surface area contributed by atoms with Crippen molar-refractivity contribution in [2.24, 2.45) is 0 Å². The molecule has 0 saturated heterocycles. The first-order valence-corrected chi connectivity index (χ1v) is 8.56. The number of aryl methyl sites for hydroxylation is 1. The van der Waals surface area contributed by atoms with Crippen molar-refractivity contribution in [1.29, 1.82) is 0 Å². The fourth-order valence-electron chi connectivity index (χ4n) is 3.07. The van der Waals surface area contributed by atoms with Crippen LogP contribution in [0.25, 0.3) is 10.9 Å². The van der Waals surface area contributed by atoms with E-state index >= 15 is 0 Å². The first kappa shape index (κ1) is 17.2. The molecule has 0 aliphatic rings. The van der Waals surface area contributed by atoms with Crippen LogP contribution in [0.2, 0.25) is 5.02 Å². The van der Waals surface area contributed by atoms with Gasteiger partial charge in [0.05, 0.1) is 5.52 Å². The number of halogens is 1. The molecule has 5 heteroatoms. The maximum absolute atomic E-state index is 12.8. The second-order valence-electron chi connectivity index (χ2n) is 5.98. The Morgan fingerprint density at radius 1 is 1.16 bits per heavy atom. The number of nitrogens with one attached hydrogen (secondary N) is 1. The van der Waals surface area contributed by atoms with Crippen molar-refractivity contribution in [3.63, 3.8) is 0 Å². The zero-order valence-electron chi connectivity index (χ0n) is 14.1. The Balaban J connectivity index is 2.05. The average molecular weight is 355 g/mol. The largest absolute Gasteiger partial charge is 0.324 e. The number of benzene rings is 2. The van der Waals surface area contributed by atoms with Crippen molar-refractivity contribution >= 4 is 34.1 Å². The van der Waals surface area contributed by atoms with Crippen molar-refractivity contribution < 1.29 is 4.79 Å². The van der Waals surface area contributed by atoms with Crippen LogP contribution in [0, 0.1) is 6.92 Å². The number of pyridine rings is 1. The highest BCUT2D eigenvalue weighted by atomic mass is 35.5. The number of amides is 1. The van der Waals surface area contributed by atoms with E-state index in [-0.39, 0.29) is 11.5 Å². The van der Waals surface area contributed by atoms with Crippen molar-refractivity contribution in [1.82, 2.24) is 4.57 Å². The quantitative estimate of drug-likeness (QED) is 0.747. The maximum Gasteiger partial charge on any atom is 0.252 e. The van der Waals surface area contributed by atoms with E-state index in [1.807, 2.05) is 38.1 Å². The molecule has 0 radical (unpaired) electrons. The summed E-state index contributed by atoms with van der Waals surface area (Å²) < 4.78 is 1.57. The van der Waals surface area contributed by atoms with Gasteiger partial charge in [-0.05, 0) is 43.2 Å². The van der Waals surface area contributed by atoms with Crippen molar-refractivity contribution in [3.05, 3.63) is 75.5 Å². The Labute approximate surface area is 151 Å². The molecule has 1 heterocycles. The summed E-state index contributed by atoms with van der Waals surface area (Å²) in [6, 6.07) is 15.6. The van der Waals surface area contributed by atoms with Crippen molar-refractivity contribution in [2.45, 2.75) is 26.3 Å². The smallest absolute Gasteiger partial charge is 0.252 e. The first-order chi connectivity index (χ1) is 12.0. The first-order valence-electron chi connectivity index (χ1n) is 8.18. The second-order valence-corrected chi connectivity index (χ2v) is 6.41. The predicted octanol–water partition coefficient (Wildman–Crippen LogP) is 4.55. The van der Waals surface area contributed by atoms with Gasteiger partial charge in [-0.1, -0.05) is 42.8 Å². The minimum absolute atomic E-state index is 0.177. The number of carbonyl (C=O) groups is 1. The summed E-state index contributed by atoms with van der Waals surface area (Å²) in [5.74, 6) is -0.235. The Bertz CT molecular complexity index is 994. The molecular weight excluding hydrogens is 336 g/mol. The van der Waals surface area contributed by atoms with E-state index in [1.165, 1.54) is 0 Å². The zero-order chi connectivity index (χ0) is 18.0. The summed E-state index contributed by atoms with van der Waals surface area (Å²) in [6.07, 6.45) is 0.499. The van der Waals surface area contributed by atoms with Gasteiger partial charge < -0.3 is 5.32 Å². The molecule has 3 rings (SSSR count).